The Balaban J connectivity index is 1.31. The Labute approximate surface area is 185 Å². The number of hydrogen-bond donors (Lipinski definition) is 2. The van der Waals surface area contributed by atoms with Crippen LogP contribution in [-0.4, -0.2) is 21.5 Å². The van der Waals surface area contributed by atoms with Crippen molar-refractivity contribution in [2.24, 2.45) is 0 Å². The zero-order chi connectivity index (χ0) is 20.6. The van der Waals surface area contributed by atoms with E-state index in [2.05, 4.69) is 71.1 Å². The zero-order valence-corrected chi connectivity index (χ0v) is 18.1. The molecule has 1 aliphatic carbocycles. The van der Waals surface area contributed by atoms with Crippen LogP contribution < -0.4 is 5.32 Å². The van der Waals surface area contributed by atoms with Crippen molar-refractivity contribution in [2.45, 2.75) is 32.1 Å². The van der Waals surface area contributed by atoms with Crippen LogP contribution in [0.15, 0.2) is 60.8 Å². The third-order valence-electron chi connectivity index (χ3n) is 6.18. The van der Waals surface area contributed by atoms with E-state index in [0.717, 1.165) is 42.3 Å². The number of hydrogen-bond acceptors (Lipinski definition) is 4. The third kappa shape index (κ3) is 3.49. The van der Waals surface area contributed by atoms with Crippen molar-refractivity contribution in [1.29, 1.82) is 0 Å². The second kappa shape index (κ2) is 7.82. The Bertz CT molecular complexity index is 1370. The lowest BCUT2D eigenvalue weighted by atomic mass is 10.1. The SMILES string of the molecule is c1ccc(Cc2nc(NCCc3c[nH]c4ccccc34)c3c4c(sc3n2)CCC4)cc1. The zero-order valence-electron chi connectivity index (χ0n) is 17.3. The largest absolute Gasteiger partial charge is 0.369 e. The average molecular weight is 425 g/mol. The van der Waals surface area contributed by atoms with Crippen molar-refractivity contribution in [3.05, 3.63) is 88.2 Å². The predicted octanol–water partition coefficient (Wildman–Crippen LogP) is 5.91. The van der Waals surface area contributed by atoms with Crippen molar-refractivity contribution in [1.82, 2.24) is 15.0 Å². The Morgan fingerprint density at radius 1 is 0.968 bits per heavy atom. The van der Waals surface area contributed by atoms with E-state index in [1.807, 2.05) is 11.3 Å². The van der Waals surface area contributed by atoms with Crippen LogP contribution in [0.5, 0.6) is 0 Å². The molecule has 0 bridgehead atoms. The van der Waals surface area contributed by atoms with Crippen LogP contribution in [0.4, 0.5) is 5.82 Å². The molecule has 0 atom stereocenters. The molecule has 0 spiro atoms. The van der Waals surface area contributed by atoms with E-state index >= 15 is 0 Å². The molecule has 3 aromatic heterocycles. The first-order valence-corrected chi connectivity index (χ1v) is 11.8. The number of nitrogens with one attached hydrogen (secondary N) is 2. The number of anilines is 1. The van der Waals surface area contributed by atoms with Gasteiger partial charge in [-0.25, -0.2) is 9.97 Å². The number of nitrogens with zero attached hydrogens (tertiary/aromatic N) is 2. The molecule has 3 heterocycles. The lowest BCUT2D eigenvalue weighted by molar-refractivity contribution is 0.915. The molecule has 2 aromatic carbocycles. The van der Waals surface area contributed by atoms with Crippen LogP contribution in [0.3, 0.4) is 0 Å². The van der Waals surface area contributed by atoms with Crippen LogP contribution in [-0.2, 0) is 25.7 Å². The molecule has 4 nitrogen and oxygen atoms in total. The van der Waals surface area contributed by atoms with Crippen molar-refractivity contribution in [3.63, 3.8) is 0 Å². The number of fused-ring (bicyclic) bond motifs is 4. The fourth-order valence-corrected chi connectivity index (χ4v) is 5.96. The summed E-state index contributed by atoms with van der Waals surface area (Å²) in [6, 6.07) is 19.0. The minimum Gasteiger partial charge on any atom is -0.369 e. The summed E-state index contributed by atoms with van der Waals surface area (Å²) in [6.45, 7) is 0.851. The molecular weight excluding hydrogens is 400 g/mol. The van der Waals surface area contributed by atoms with E-state index < -0.39 is 0 Å². The summed E-state index contributed by atoms with van der Waals surface area (Å²) in [4.78, 5) is 16.0. The number of para-hydroxylation sites is 1. The molecule has 1 aliphatic rings. The second-order valence-electron chi connectivity index (χ2n) is 8.22. The molecule has 154 valence electrons. The second-order valence-corrected chi connectivity index (χ2v) is 9.31. The van der Waals surface area contributed by atoms with Crippen molar-refractivity contribution in [3.8, 4) is 0 Å². The number of aromatic nitrogens is 3. The normalized spacial score (nSPS) is 13.2. The summed E-state index contributed by atoms with van der Waals surface area (Å²) in [5.41, 5.74) is 5.26. The Hall–Kier alpha value is -3.18. The van der Waals surface area contributed by atoms with Gasteiger partial charge in [-0.3, -0.25) is 0 Å². The summed E-state index contributed by atoms with van der Waals surface area (Å²) >= 11 is 1.86. The predicted molar refractivity (Wildman–Crippen MR) is 129 cm³/mol. The number of aryl methyl sites for hydroxylation is 2. The molecule has 0 saturated carbocycles. The smallest absolute Gasteiger partial charge is 0.138 e. The van der Waals surface area contributed by atoms with Gasteiger partial charge in [-0.2, -0.15) is 0 Å². The highest BCUT2D eigenvalue weighted by Crippen LogP contribution is 2.39. The molecule has 5 aromatic rings. The fourth-order valence-electron chi connectivity index (χ4n) is 4.68. The van der Waals surface area contributed by atoms with Gasteiger partial charge in [0.05, 0.1) is 5.39 Å². The third-order valence-corrected chi connectivity index (χ3v) is 7.36. The highest BCUT2D eigenvalue weighted by Gasteiger charge is 2.22. The monoisotopic (exact) mass is 424 g/mol. The highest BCUT2D eigenvalue weighted by molar-refractivity contribution is 7.19. The first-order valence-electron chi connectivity index (χ1n) is 11.0. The number of aromatic amines is 1. The molecule has 6 rings (SSSR count). The van der Waals surface area contributed by atoms with Crippen molar-refractivity contribution < 1.29 is 0 Å². The van der Waals surface area contributed by atoms with E-state index in [0.29, 0.717) is 0 Å². The summed E-state index contributed by atoms with van der Waals surface area (Å²) in [6.07, 6.45) is 7.42. The van der Waals surface area contributed by atoms with Crippen molar-refractivity contribution in [2.75, 3.05) is 11.9 Å². The fraction of sp³-hybridized carbons (Fsp3) is 0.231. The molecule has 0 aliphatic heterocycles. The van der Waals surface area contributed by atoms with Gasteiger partial charge in [-0.1, -0.05) is 48.5 Å². The molecule has 0 unspecified atom stereocenters. The number of benzene rings is 2. The first-order chi connectivity index (χ1) is 15.3. The quantitative estimate of drug-likeness (QED) is 0.356. The van der Waals surface area contributed by atoms with Crippen molar-refractivity contribution >= 4 is 38.3 Å². The lowest BCUT2D eigenvalue weighted by Gasteiger charge is -2.10. The maximum absolute atomic E-state index is 5.00. The van der Waals surface area contributed by atoms with Gasteiger partial charge in [0.25, 0.3) is 0 Å². The van der Waals surface area contributed by atoms with E-state index in [9.17, 15) is 0 Å². The van der Waals surface area contributed by atoms with E-state index in [4.69, 9.17) is 9.97 Å². The summed E-state index contributed by atoms with van der Waals surface area (Å²) < 4.78 is 0. The van der Waals surface area contributed by atoms with E-state index in [1.54, 1.807) is 0 Å². The Morgan fingerprint density at radius 2 is 1.84 bits per heavy atom. The molecule has 0 saturated heterocycles. The molecule has 0 radical (unpaired) electrons. The van der Waals surface area contributed by atoms with Gasteiger partial charge in [-0.15, -0.1) is 11.3 Å². The summed E-state index contributed by atoms with van der Waals surface area (Å²) in [7, 11) is 0. The Morgan fingerprint density at radius 3 is 2.77 bits per heavy atom. The Kier molecular flexibility index (Phi) is 4.69. The maximum atomic E-state index is 5.00. The van der Waals surface area contributed by atoms with Crippen LogP contribution in [0.2, 0.25) is 0 Å². The minimum atomic E-state index is 0.760. The molecule has 2 N–H and O–H groups in total. The summed E-state index contributed by atoms with van der Waals surface area (Å²) in [5, 5.41) is 6.24. The van der Waals surface area contributed by atoms with Gasteiger partial charge < -0.3 is 10.3 Å². The maximum Gasteiger partial charge on any atom is 0.138 e. The van der Waals surface area contributed by atoms with Gasteiger partial charge >= 0.3 is 0 Å². The van der Waals surface area contributed by atoms with Crippen LogP contribution in [0.1, 0.15) is 33.8 Å². The van der Waals surface area contributed by atoms with Crippen LogP contribution >= 0.6 is 11.3 Å². The topological polar surface area (TPSA) is 53.6 Å². The van der Waals surface area contributed by atoms with Crippen LogP contribution in [0.25, 0.3) is 21.1 Å². The number of thiophene rings is 1. The van der Waals surface area contributed by atoms with Gasteiger partial charge in [-0.05, 0) is 48.4 Å². The van der Waals surface area contributed by atoms with E-state index in [1.165, 1.54) is 50.7 Å². The first kappa shape index (κ1) is 18.6. The molecule has 0 amide bonds. The molecular formula is C26H24N4S. The molecule has 0 fully saturated rings. The van der Waals surface area contributed by atoms with Crippen LogP contribution in [0, 0.1) is 0 Å². The standard InChI is InChI=1S/C26H24N4S/c1-2-7-17(8-3-1)15-23-29-25(24-20-10-6-12-22(20)31-26(24)30-23)27-14-13-18-16-28-21-11-5-4-9-19(18)21/h1-5,7-9,11,16,28H,6,10,12-15H2,(H,27,29,30). The van der Waals surface area contributed by atoms with Gasteiger partial charge in [0, 0.05) is 34.9 Å². The minimum absolute atomic E-state index is 0.760. The average Bonchev–Trinajstić information content (AvgIpc) is 3.49. The molecule has 5 heteroatoms. The van der Waals surface area contributed by atoms with E-state index in [-0.39, 0.29) is 0 Å². The van der Waals surface area contributed by atoms with Gasteiger partial charge in [0.2, 0.25) is 0 Å². The van der Waals surface area contributed by atoms with Gasteiger partial charge in [0.15, 0.2) is 0 Å². The lowest BCUT2D eigenvalue weighted by Crippen LogP contribution is -2.09. The highest BCUT2D eigenvalue weighted by atomic mass is 32.1. The number of H-pyrrole nitrogens is 1. The molecule has 31 heavy (non-hydrogen) atoms. The van der Waals surface area contributed by atoms with Gasteiger partial charge in [0.1, 0.15) is 16.5 Å². The number of rotatable bonds is 6. The summed E-state index contributed by atoms with van der Waals surface area (Å²) in [5.74, 6) is 1.91.